The third-order valence-electron chi connectivity index (χ3n) is 5.94. The Bertz CT molecular complexity index is 1230. The quantitative estimate of drug-likeness (QED) is 0.397. The highest BCUT2D eigenvalue weighted by molar-refractivity contribution is 6.07. The first-order valence-electron chi connectivity index (χ1n) is 12.5. The van der Waals surface area contributed by atoms with Crippen LogP contribution >= 0.6 is 0 Å². The first-order chi connectivity index (χ1) is 17.2. The van der Waals surface area contributed by atoms with Gasteiger partial charge < -0.3 is 19.5 Å². The summed E-state index contributed by atoms with van der Waals surface area (Å²) in [5, 5.41) is 2.90. The summed E-state index contributed by atoms with van der Waals surface area (Å²) in [6.45, 7) is 15.9. The van der Waals surface area contributed by atoms with Gasteiger partial charge in [-0.3, -0.25) is 14.4 Å². The van der Waals surface area contributed by atoms with Crippen molar-refractivity contribution in [1.82, 2.24) is 0 Å². The van der Waals surface area contributed by atoms with Gasteiger partial charge in [0, 0.05) is 29.3 Å². The average molecular weight is 508 g/mol. The highest BCUT2D eigenvalue weighted by Crippen LogP contribution is 2.47. The van der Waals surface area contributed by atoms with Crippen LogP contribution in [0.2, 0.25) is 0 Å². The molecule has 0 aromatic heterocycles. The molecule has 2 aromatic rings. The number of amides is 1. The molecule has 0 atom stereocenters. The van der Waals surface area contributed by atoms with Crippen molar-refractivity contribution < 1.29 is 28.6 Å². The lowest BCUT2D eigenvalue weighted by molar-refractivity contribution is -0.142. The van der Waals surface area contributed by atoms with Crippen LogP contribution in [-0.4, -0.2) is 31.1 Å². The summed E-state index contributed by atoms with van der Waals surface area (Å²) in [5.41, 5.74) is 3.57. The maximum atomic E-state index is 13.2. The van der Waals surface area contributed by atoms with E-state index in [9.17, 15) is 14.4 Å². The highest BCUT2D eigenvalue weighted by atomic mass is 16.5. The van der Waals surface area contributed by atoms with Crippen molar-refractivity contribution in [2.24, 2.45) is 0 Å². The Hall–Kier alpha value is -3.61. The molecule has 7 heteroatoms. The monoisotopic (exact) mass is 507 g/mol. The fourth-order valence-corrected chi connectivity index (χ4v) is 4.27. The summed E-state index contributed by atoms with van der Waals surface area (Å²) in [6.07, 6.45) is 2.00. The second kappa shape index (κ2) is 10.8. The van der Waals surface area contributed by atoms with Crippen LogP contribution in [0.4, 0.5) is 5.69 Å². The molecule has 2 aromatic carbocycles. The number of carbonyl (C=O) groups excluding carboxylic acids is 3. The van der Waals surface area contributed by atoms with Crippen molar-refractivity contribution in [3.05, 3.63) is 58.2 Å². The van der Waals surface area contributed by atoms with Gasteiger partial charge in [-0.25, -0.2) is 0 Å². The van der Waals surface area contributed by atoms with Crippen LogP contribution in [0, 0.1) is 0 Å². The van der Waals surface area contributed by atoms with Gasteiger partial charge in [-0.1, -0.05) is 53.7 Å². The van der Waals surface area contributed by atoms with Crippen molar-refractivity contribution in [3.63, 3.8) is 0 Å². The Morgan fingerprint density at radius 3 is 2.19 bits per heavy atom. The lowest BCUT2D eigenvalue weighted by Gasteiger charge is -2.33. The first kappa shape index (κ1) is 28.0. The largest absolute Gasteiger partial charge is 0.488 e. The van der Waals surface area contributed by atoms with E-state index >= 15 is 0 Å². The smallest absolute Gasteiger partial charge is 0.310 e. The van der Waals surface area contributed by atoms with Crippen molar-refractivity contribution in [3.8, 4) is 11.5 Å². The zero-order valence-electron chi connectivity index (χ0n) is 23.0. The van der Waals surface area contributed by atoms with Crippen molar-refractivity contribution >= 4 is 29.6 Å². The molecule has 0 bridgehead atoms. The molecule has 37 heavy (non-hydrogen) atoms. The van der Waals surface area contributed by atoms with Crippen molar-refractivity contribution in [2.45, 2.75) is 72.6 Å². The number of ether oxygens (including phenoxy) is 3. The predicted molar refractivity (Wildman–Crippen MR) is 144 cm³/mol. The molecule has 0 spiro atoms. The topological polar surface area (TPSA) is 90.9 Å². The molecule has 0 saturated carbocycles. The first-order valence-corrected chi connectivity index (χ1v) is 12.5. The van der Waals surface area contributed by atoms with Gasteiger partial charge in [0.2, 0.25) is 0 Å². The Morgan fingerprint density at radius 2 is 1.65 bits per heavy atom. The SMILES string of the molecule is CCOC(=O)Cc1ccc(NC(=O)C2=Cc3c(cc(C(C)(C)C)c(OC(C)=O)c3C(C)(C)C)OC2)cc1. The van der Waals surface area contributed by atoms with Gasteiger partial charge in [0.15, 0.2) is 0 Å². The van der Waals surface area contributed by atoms with Gasteiger partial charge in [0.1, 0.15) is 18.1 Å². The maximum absolute atomic E-state index is 13.2. The summed E-state index contributed by atoms with van der Waals surface area (Å²) in [5.74, 6) is 0.189. The second-order valence-corrected chi connectivity index (χ2v) is 11.2. The molecule has 7 nitrogen and oxygen atoms in total. The maximum Gasteiger partial charge on any atom is 0.310 e. The van der Waals surface area contributed by atoms with Crippen LogP contribution in [0.15, 0.2) is 35.9 Å². The average Bonchev–Trinajstić information content (AvgIpc) is 2.77. The number of carbonyl (C=O) groups is 3. The molecule has 0 fully saturated rings. The van der Waals surface area contributed by atoms with Gasteiger partial charge in [0.25, 0.3) is 5.91 Å². The van der Waals surface area contributed by atoms with Gasteiger partial charge in [-0.2, -0.15) is 0 Å². The fraction of sp³-hybridized carbons (Fsp3) is 0.433. The number of benzene rings is 2. The van der Waals surface area contributed by atoms with E-state index in [1.807, 2.05) is 32.9 Å². The number of hydrogen-bond acceptors (Lipinski definition) is 6. The van der Waals surface area contributed by atoms with Gasteiger partial charge in [-0.05, 0) is 47.6 Å². The van der Waals surface area contributed by atoms with Crippen LogP contribution in [0.25, 0.3) is 6.08 Å². The predicted octanol–water partition coefficient (Wildman–Crippen LogP) is 5.73. The van der Waals surface area contributed by atoms with E-state index in [1.165, 1.54) is 6.92 Å². The van der Waals surface area contributed by atoms with E-state index in [0.29, 0.717) is 29.4 Å². The molecule has 1 N–H and O–H groups in total. The van der Waals surface area contributed by atoms with Crippen LogP contribution in [0.5, 0.6) is 11.5 Å². The molecular weight excluding hydrogens is 470 g/mol. The van der Waals surface area contributed by atoms with E-state index in [2.05, 4.69) is 26.1 Å². The molecule has 0 aliphatic carbocycles. The zero-order valence-corrected chi connectivity index (χ0v) is 23.0. The lowest BCUT2D eigenvalue weighted by Crippen LogP contribution is -2.26. The number of nitrogens with one attached hydrogen (secondary N) is 1. The minimum atomic E-state index is -0.402. The molecule has 198 valence electrons. The Labute approximate surface area is 219 Å². The number of anilines is 1. The fourth-order valence-electron chi connectivity index (χ4n) is 4.27. The Morgan fingerprint density at radius 1 is 1.00 bits per heavy atom. The van der Waals surface area contributed by atoms with Crippen LogP contribution in [0.1, 0.15) is 77.6 Å². The number of rotatable bonds is 6. The zero-order chi connectivity index (χ0) is 27.5. The number of fused-ring (bicyclic) bond motifs is 1. The molecule has 1 aliphatic heterocycles. The van der Waals surface area contributed by atoms with Crippen LogP contribution in [0.3, 0.4) is 0 Å². The van der Waals surface area contributed by atoms with Crippen LogP contribution < -0.4 is 14.8 Å². The van der Waals surface area contributed by atoms with E-state index in [1.54, 1.807) is 31.2 Å². The Balaban J connectivity index is 1.97. The summed E-state index contributed by atoms with van der Waals surface area (Å²) < 4.78 is 16.9. The number of esters is 2. The van der Waals surface area contributed by atoms with Gasteiger partial charge >= 0.3 is 11.9 Å². The summed E-state index contributed by atoms with van der Waals surface area (Å²) in [7, 11) is 0. The van der Waals surface area contributed by atoms with Crippen molar-refractivity contribution in [1.29, 1.82) is 0 Å². The van der Waals surface area contributed by atoms with Gasteiger partial charge in [-0.15, -0.1) is 0 Å². The highest BCUT2D eigenvalue weighted by Gasteiger charge is 2.34. The Kier molecular flexibility index (Phi) is 8.16. The lowest BCUT2D eigenvalue weighted by atomic mass is 9.76. The van der Waals surface area contributed by atoms with Crippen LogP contribution in [-0.2, 0) is 36.4 Å². The molecule has 1 aliphatic rings. The molecule has 0 radical (unpaired) electrons. The van der Waals surface area contributed by atoms with E-state index in [-0.39, 0.29) is 30.3 Å². The van der Waals surface area contributed by atoms with E-state index in [4.69, 9.17) is 14.2 Å². The summed E-state index contributed by atoms with van der Waals surface area (Å²) in [4.78, 5) is 36.9. The third-order valence-corrected chi connectivity index (χ3v) is 5.94. The summed E-state index contributed by atoms with van der Waals surface area (Å²) in [6, 6.07) is 8.98. The molecule has 0 saturated heterocycles. The molecule has 1 heterocycles. The molecule has 1 amide bonds. The molecule has 3 rings (SSSR count). The standard InChI is InChI=1S/C30H37NO6/c1-9-35-25(33)14-19-10-12-21(13-11-19)31-28(34)20-15-22-24(36-17-20)16-23(29(3,4)5)27(37-18(2)32)26(22)30(6,7)8/h10-13,15-16H,9,14,17H2,1-8H3,(H,31,34). The number of hydrogen-bond donors (Lipinski definition) is 1. The van der Waals surface area contributed by atoms with E-state index in [0.717, 1.165) is 22.3 Å². The second-order valence-electron chi connectivity index (χ2n) is 11.2. The van der Waals surface area contributed by atoms with Crippen molar-refractivity contribution in [2.75, 3.05) is 18.5 Å². The third kappa shape index (κ3) is 6.79. The molecular formula is C30H37NO6. The molecule has 0 unspecified atom stereocenters. The summed E-state index contributed by atoms with van der Waals surface area (Å²) >= 11 is 0. The normalized spacial score (nSPS) is 13.1. The van der Waals surface area contributed by atoms with E-state index < -0.39 is 11.4 Å². The van der Waals surface area contributed by atoms with Gasteiger partial charge in [0.05, 0.1) is 18.6 Å². The minimum absolute atomic E-state index is 0.111. The minimum Gasteiger partial charge on any atom is -0.488 e.